The lowest BCUT2D eigenvalue weighted by Gasteiger charge is -2.12. The van der Waals surface area contributed by atoms with E-state index in [1.165, 1.54) is 6.04 Å². The molecule has 2 N–H and O–H groups in total. The van der Waals surface area contributed by atoms with Crippen LogP contribution in [0.2, 0.25) is 19.1 Å². The maximum absolute atomic E-state index is 5.34. The van der Waals surface area contributed by atoms with Crippen molar-refractivity contribution >= 4 is 8.07 Å². The minimum atomic E-state index is -1.25. The second kappa shape index (κ2) is 3.70. The largest absolute Gasteiger partial charge is 0.330 e. The Morgan fingerprint density at radius 1 is 1.56 bits per heavy atom. The van der Waals surface area contributed by atoms with Crippen LogP contribution in [-0.4, -0.2) is 14.6 Å². The van der Waals surface area contributed by atoms with E-state index in [1.54, 1.807) is 0 Å². The van der Waals surface area contributed by atoms with E-state index in [4.69, 9.17) is 12.2 Å². The molecular weight excluding hydrogens is 126 g/mol. The van der Waals surface area contributed by atoms with Crippen molar-refractivity contribution in [3.05, 3.63) is 0 Å². The average Bonchev–Trinajstić information content (AvgIpc) is 1.84. The Balaban J connectivity index is 3.49. The number of hydrogen-bond acceptors (Lipinski definition) is 1. The normalized spacial score (nSPS) is 10.9. The first-order chi connectivity index (χ1) is 4.12. The second-order valence-corrected chi connectivity index (χ2v) is 7.48. The molecule has 0 saturated heterocycles. The van der Waals surface area contributed by atoms with Crippen molar-refractivity contribution in [2.24, 2.45) is 5.73 Å². The third-order valence-corrected chi connectivity index (χ3v) is 3.78. The first-order valence-electron chi connectivity index (χ1n) is 3.30. The van der Waals surface area contributed by atoms with Gasteiger partial charge in [-0.1, -0.05) is 13.1 Å². The summed E-state index contributed by atoms with van der Waals surface area (Å²) >= 11 is 0. The van der Waals surface area contributed by atoms with E-state index in [0.717, 1.165) is 13.0 Å². The summed E-state index contributed by atoms with van der Waals surface area (Å²) in [4.78, 5) is 0. The van der Waals surface area contributed by atoms with Crippen LogP contribution in [0, 0.1) is 12.0 Å². The number of terminal acetylenes is 1. The van der Waals surface area contributed by atoms with Gasteiger partial charge in [-0.15, -0.1) is 12.0 Å². The highest BCUT2D eigenvalue weighted by Crippen LogP contribution is 2.08. The monoisotopic (exact) mass is 141 g/mol. The first-order valence-corrected chi connectivity index (χ1v) is 6.51. The van der Waals surface area contributed by atoms with Crippen molar-refractivity contribution in [1.82, 2.24) is 0 Å². The number of rotatable bonds is 3. The highest BCUT2D eigenvalue weighted by atomic mass is 28.3. The van der Waals surface area contributed by atoms with Crippen molar-refractivity contribution in [1.29, 1.82) is 0 Å². The molecule has 1 nitrogen and oxygen atoms in total. The van der Waals surface area contributed by atoms with E-state index < -0.39 is 8.07 Å². The highest BCUT2D eigenvalue weighted by molar-refractivity contribution is 6.84. The van der Waals surface area contributed by atoms with E-state index in [1.807, 2.05) is 0 Å². The summed E-state index contributed by atoms with van der Waals surface area (Å²) in [6.45, 7) is 5.17. The van der Waals surface area contributed by atoms with Gasteiger partial charge < -0.3 is 5.73 Å². The zero-order valence-electron chi connectivity index (χ0n) is 6.28. The average molecular weight is 141 g/mol. The molecule has 0 spiro atoms. The van der Waals surface area contributed by atoms with Gasteiger partial charge in [-0.2, -0.15) is 0 Å². The van der Waals surface area contributed by atoms with Gasteiger partial charge in [-0.25, -0.2) is 0 Å². The van der Waals surface area contributed by atoms with Gasteiger partial charge in [-0.3, -0.25) is 0 Å². The molecule has 0 heterocycles. The lowest BCUT2D eigenvalue weighted by Crippen LogP contribution is -2.23. The molecule has 0 aromatic heterocycles. The number of hydrogen-bond donors (Lipinski definition) is 1. The van der Waals surface area contributed by atoms with Crippen molar-refractivity contribution in [2.45, 2.75) is 25.6 Å². The minimum Gasteiger partial charge on any atom is -0.330 e. The topological polar surface area (TPSA) is 26.0 Å². The van der Waals surface area contributed by atoms with Crippen molar-refractivity contribution in [2.75, 3.05) is 6.54 Å². The van der Waals surface area contributed by atoms with Crippen molar-refractivity contribution in [3.63, 3.8) is 0 Å². The van der Waals surface area contributed by atoms with Crippen LogP contribution in [-0.2, 0) is 0 Å². The van der Waals surface area contributed by atoms with Gasteiger partial charge in [0, 0.05) is 0 Å². The standard InChI is InChI=1S/C7H15NSi/c1-4-9(2,3)7-5-6-8/h1H,5-8H2,2-3H3. The van der Waals surface area contributed by atoms with E-state index in [9.17, 15) is 0 Å². The van der Waals surface area contributed by atoms with Gasteiger partial charge in [0.2, 0.25) is 0 Å². The molecule has 0 unspecified atom stereocenters. The number of nitrogens with two attached hydrogens (primary N) is 1. The summed E-state index contributed by atoms with van der Waals surface area (Å²) in [7, 11) is -1.25. The van der Waals surface area contributed by atoms with Crippen LogP contribution >= 0.6 is 0 Å². The highest BCUT2D eigenvalue weighted by Gasteiger charge is 2.15. The predicted molar refractivity (Wildman–Crippen MR) is 44.8 cm³/mol. The Morgan fingerprint density at radius 3 is 2.44 bits per heavy atom. The van der Waals surface area contributed by atoms with Crippen LogP contribution in [0.15, 0.2) is 0 Å². The fourth-order valence-electron chi connectivity index (χ4n) is 0.616. The van der Waals surface area contributed by atoms with Crippen molar-refractivity contribution < 1.29 is 0 Å². The fourth-order valence-corrected chi connectivity index (χ4v) is 1.85. The van der Waals surface area contributed by atoms with E-state index in [2.05, 4.69) is 18.6 Å². The molecule has 0 bridgehead atoms. The minimum absolute atomic E-state index is 0.776. The lowest BCUT2D eigenvalue weighted by atomic mass is 10.5. The molecule has 9 heavy (non-hydrogen) atoms. The zero-order valence-corrected chi connectivity index (χ0v) is 7.28. The van der Waals surface area contributed by atoms with Crippen LogP contribution in [0.5, 0.6) is 0 Å². The summed E-state index contributed by atoms with van der Waals surface area (Å²) in [6, 6.07) is 1.17. The maximum atomic E-state index is 5.34. The SMILES string of the molecule is C#C[Si](C)(C)CCCN. The van der Waals surface area contributed by atoms with Gasteiger partial charge in [0.25, 0.3) is 0 Å². The first kappa shape index (κ1) is 8.74. The van der Waals surface area contributed by atoms with Crippen LogP contribution in [0.4, 0.5) is 0 Å². The van der Waals surface area contributed by atoms with E-state index >= 15 is 0 Å². The molecule has 0 rings (SSSR count). The quantitative estimate of drug-likeness (QED) is 0.464. The summed E-state index contributed by atoms with van der Waals surface area (Å²) in [6.07, 6.45) is 6.40. The van der Waals surface area contributed by atoms with Crippen LogP contribution in [0.3, 0.4) is 0 Å². The van der Waals surface area contributed by atoms with Gasteiger partial charge >= 0.3 is 0 Å². The molecule has 52 valence electrons. The van der Waals surface area contributed by atoms with E-state index in [0.29, 0.717) is 0 Å². The Labute approximate surface area is 58.6 Å². The Hall–Kier alpha value is -0.263. The Kier molecular flexibility index (Phi) is 3.60. The second-order valence-electron chi connectivity index (χ2n) is 2.92. The summed E-state index contributed by atoms with van der Waals surface area (Å²) < 4.78 is 0. The molecule has 0 atom stereocenters. The molecule has 0 radical (unpaired) electrons. The summed E-state index contributed by atoms with van der Waals surface area (Å²) in [5.41, 5.74) is 8.20. The molecular formula is C7H15NSi. The van der Waals surface area contributed by atoms with Crippen molar-refractivity contribution in [3.8, 4) is 12.0 Å². The molecule has 2 heteroatoms. The molecule has 0 aliphatic heterocycles. The zero-order chi connectivity index (χ0) is 7.33. The van der Waals surface area contributed by atoms with Gasteiger partial charge in [0.15, 0.2) is 0 Å². The Morgan fingerprint density at radius 2 is 2.11 bits per heavy atom. The predicted octanol–water partition coefficient (Wildman–Crippen LogP) is 1.22. The van der Waals surface area contributed by atoms with Gasteiger partial charge in [0.05, 0.1) is 0 Å². The van der Waals surface area contributed by atoms with Crippen LogP contribution in [0.1, 0.15) is 6.42 Å². The maximum Gasteiger partial charge on any atom is 0.132 e. The molecule has 0 aromatic carbocycles. The Bertz CT molecular complexity index is 113. The molecule has 0 aliphatic rings. The molecule has 0 aromatic rings. The van der Waals surface area contributed by atoms with Crippen LogP contribution in [0.25, 0.3) is 0 Å². The molecule has 0 amide bonds. The van der Waals surface area contributed by atoms with Gasteiger partial charge in [0.1, 0.15) is 8.07 Å². The fraction of sp³-hybridized carbons (Fsp3) is 0.714. The molecule has 0 saturated carbocycles. The van der Waals surface area contributed by atoms with Gasteiger partial charge in [-0.05, 0) is 19.0 Å². The molecule has 0 aliphatic carbocycles. The van der Waals surface area contributed by atoms with E-state index in [-0.39, 0.29) is 0 Å². The van der Waals surface area contributed by atoms with Crippen LogP contribution < -0.4 is 5.73 Å². The smallest absolute Gasteiger partial charge is 0.132 e. The summed E-state index contributed by atoms with van der Waals surface area (Å²) in [5, 5.41) is 0. The summed E-state index contributed by atoms with van der Waals surface area (Å²) in [5.74, 6) is 0. The third kappa shape index (κ3) is 4.25. The molecule has 0 fully saturated rings. The third-order valence-electron chi connectivity index (χ3n) is 1.40. The lowest BCUT2D eigenvalue weighted by molar-refractivity contribution is 0.916.